The van der Waals surface area contributed by atoms with Gasteiger partial charge < -0.3 is 14.2 Å². The van der Waals surface area contributed by atoms with Gasteiger partial charge in [-0.05, 0) is 144 Å². The Bertz CT molecular complexity index is 3470. The van der Waals surface area contributed by atoms with E-state index in [4.69, 9.17) is 26.0 Å². The minimum Gasteiger partial charge on any atom is -0.376 e. The lowest BCUT2D eigenvalue weighted by Gasteiger charge is -2.35. The van der Waals surface area contributed by atoms with Crippen LogP contribution in [0.1, 0.15) is 116 Å². The molecule has 5 atom stereocenters. The van der Waals surface area contributed by atoms with Crippen molar-refractivity contribution in [2.24, 2.45) is 10.3 Å². The number of carbonyl (C=O) groups is 1. The maximum atomic E-state index is 16.2. The summed E-state index contributed by atoms with van der Waals surface area (Å²) in [6, 6.07) is 15.8. The topological polar surface area (TPSA) is 168 Å². The molecule has 68 heavy (non-hydrogen) atoms. The summed E-state index contributed by atoms with van der Waals surface area (Å²) in [4.78, 5) is 47.8. The molecule has 0 radical (unpaired) electrons. The molecule has 4 aromatic heterocycles. The van der Waals surface area contributed by atoms with Gasteiger partial charge in [-0.1, -0.05) is 29.7 Å². The van der Waals surface area contributed by atoms with Crippen molar-refractivity contribution in [3.05, 3.63) is 138 Å². The van der Waals surface area contributed by atoms with Crippen molar-refractivity contribution in [1.29, 1.82) is 0 Å². The van der Waals surface area contributed by atoms with E-state index in [0.717, 1.165) is 47.7 Å². The first kappa shape index (κ1) is 44.5. The van der Waals surface area contributed by atoms with E-state index in [1.807, 2.05) is 48.4 Å². The van der Waals surface area contributed by atoms with E-state index in [1.54, 1.807) is 16.9 Å². The molecule has 354 valence electrons. The van der Waals surface area contributed by atoms with E-state index >= 15 is 9.18 Å². The van der Waals surface area contributed by atoms with Gasteiger partial charge in [-0.25, -0.2) is 27.2 Å². The van der Waals surface area contributed by atoms with Crippen LogP contribution in [-0.2, 0) is 26.4 Å². The fourth-order valence-electron chi connectivity index (χ4n) is 11.1. The van der Waals surface area contributed by atoms with Gasteiger partial charge in [0.15, 0.2) is 5.82 Å². The third-order valence-corrected chi connectivity index (χ3v) is 18.3. The highest BCUT2D eigenvalue weighted by Gasteiger charge is 2.59. The molecule has 6 heterocycles. The summed E-state index contributed by atoms with van der Waals surface area (Å²) in [6.07, 6.45) is 7.33. The second-order valence-corrected chi connectivity index (χ2v) is 22.8. The van der Waals surface area contributed by atoms with E-state index in [1.165, 1.54) is 40.1 Å². The molecule has 7 aromatic rings. The molecule has 2 aliphatic carbocycles. The number of H-pyrrole nitrogens is 1. The molecule has 0 spiro atoms. The number of nitrogens with one attached hydrogen (secondary N) is 1. The molecule has 11 rings (SSSR count). The number of amides is 1. The average molecular weight is 963 g/mol. The van der Waals surface area contributed by atoms with Gasteiger partial charge in [0.2, 0.25) is 0 Å². The Balaban J connectivity index is 1.04. The zero-order chi connectivity index (χ0) is 47.8. The summed E-state index contributed by atoms with van der Waals surface area (Å²) in [7, 11) is -1.30. The van der Waals surface area contributed by atoms with Crippen LogP contribution in [0.25, 0.3) is 28.1 Å². The Hall–Kier alpha value is -6.04. The van der Waals surface area contributed by atoms with Gasteiger partial charge in [-0.15, -0.1) is 0 Å². The molecule has 1 saturated heterocycles. The third kappa shape index (κ3) is 6.89. The number of rotatable bonds is 9. The van der Waals surface area contributed by atoms with Gasteiger partial charge in [0.25, 0.3) is 5.91 Å². The van der Waals surface area contributed by atoms with E-state index < -0.39 is 38.6 Å². The number of carbonyl (C=O) groups excluding carboxylic acids is 1. The van der Waals surface area contributed by atoms with Crippen molar-refractivity contribution < 1.29 is 22.7 Å². The van der Waals surface area contributed by atoms with Crippen molar-refractivity contribution in [3.63, 3.8) is 0 Å². The van der Waals surface area contributed by atoms with Crippen LogP contribution in [0.3, 0.4) is 0 Å². The fraction of sp³-hybridized carbons (Fsp3) is 0.420. The van der Waals surface area contributed by atoms with Crippen molar-refractivity contribution >= 4 is 38.1 Å². The third-order valence-electron chi connectivity index (χ3n) is 14.9. The number of aromatic amines is 1. The lowest BCUT2D eigenvalue weighted by Crippen LogP contribution is -2.41. The van der Waals surface area contributed by atoms with Crippen LogP contribution in [0, 0.1) is 25.6 Å². The van der Waals surface area contributed by atoms with Gasteiger partial charge >= 0.3 is 11.4 Å². The lowest BCUT2D eigenvalue weighted by atomic mass is 9.83. The number of imidazole rings is 1. The first-order chi connectivity index (χ1) is 32.4. The second-order valence-electron chi connectivity index (χ2n) is 19.8. The zero-order valence-corrected chi connectivity index (χ0v) is 40.6. The Morgan fingerprint density at radius 3 is 2.37 bits per heavy atom. The summed E-state index contributed by atoms with van der Waals surface area (Å²) in [5.41, 5.74) is 4.36. The molecule has 1 N–H and O–H groups in total. The number of aromatic nitrogens is 7. The standard InChI is InChI=1S/C50H53ClFN9O6S/c1-27-20-34(21-28(2)43(27)51)61-44(59-18-17-58(48(59)64)40-13-11-36(24-37(40)52)68(65,53-7)35-9-10-35)42-30(4)57(16-14-38(42)55-61)45(62)41-23-33-22-31(32-15-19-66-49(5,6)26-32)8-12-39(33)60(41)50(25-29(50)3)46-54-47(63)67-56-46/h8,11-13,17-18,20-24,29-30,32,35H,9-10,14-16,19,25-26H2,1-7H3,(H,54,56,63)/t29-,30-,32-,50-,68+/m0/s1. The number of hydrogen-bond acceptors (Lipinski definition) is 9. The van der Waals surface area contributed by atoms with Crippen LogP contribution in [-0.4, -0.2) is 79.7 Å². The average Bonchev–Trinajstić information content (AvgIpc) is 4.04. The molecule has 15 nitrogen and oxygen atoms in total. The van der Waals surface area contributed by atoms with Crippen molar-refractivity contribution in [3.8, 4) is 17.2 Å². The molecular formula is C50H53ClFN9O6S. The van der Waals surface area contributed by atoms with E-state index in [9.17, 15) is 13.8 Å². The molecule has 18 heteroatoms. The Labute approximate surface area is 397 Å². The molecule has 2 saturated carbocycles. The predicted octanol–water partition coefficient (Wildman–Crippen LogP) is 8.69. The molecule has 3 aromatic carbocycles. The second kappa shape index (κ2) is 15.8. The molecule has 3 fully saturated rings. The number of aryl methyl sites for hydroxylation is 2. The van der Waals surface area contributed by atoms with Crippen molar-refractivity contribution in [2.45, 2.75) is 113 Å². The first-order valence-corrected chi connectivity index (χ1v) is 25.2. The summed E-state index contributed by atoms with van der Waals surface area (Å²) in [6.45, 7) is 13.0. The molecule has 1 amide bonds. The Kier molecular flexibility index (Phi) is 10.3. The highest BCUT2D eigenvalue weighted by molar-refractivity contribution is 7.94. The number of hydrogen-bond donors (Lipinski definition) is 1. The van der Waals surface area contributed by atoms with Crippen LogP contribution in [0.4, 0.5) is 4.39 Å². The minimum absolute atomic E-state index is 0.00349. The molecular weight excluding hydrogens is 909 g/mol. The summed E-state index contributed by atoms with van der Waals surface area (Å²) < 4.78 is 51.6. The summed E-state index contributed by atoms with van der Waals surface area (Å²) >= 11 is 6.67. The predicted molar refractivity (Wildman–Crippen MR) is 256 cm³/mol. The zero-order valence-electron chi connectivity index (χ0n) is 39.0. The summed E-state index contributed by atoms with van der Waals surface area (Å²) in [5, 5.41) is 10.7. The van der Waals surface area contributed by atoms with Crippen LogP contribution in [0.5, 0.6) is 0 Å². The SMILES string of the molecule is CN=[S@](=O)(c1ccc(-n2ccn(-c3c4c(nn3-c3cc(C)c(Cl)c(C)c3)CCN(C(=O)c3cc5cc([C@H]6CCOC(C)(C)C6)ccc5n3[C@@]3(c5noc(=O)[nH]5)C[C@@H]3C)[C@H]4C)c2=O)c(F)c1)C1CC1. The van der Waals surface area contributed by atoms with E-state index in [2.05, 4.69) is 53.5 Å². The van der Waals surface area contributed by atoms with Gasteiger partial charge in [0.05, 0.1) is 43.3 Å². The number of benzene rings is 3. The molecule has 2 aliphatic heterocycles. The number of ether oxygens (including phenoxy) is 1. The summed E-state index contributed by atoms with van der Waals surface area (Å²) in [5.74, 6) is -0.602. The van der Waals surface area contributed by atoms with Gasteiger partial charge in [-0.2, -0.15) is 5.10 Å². The van der Waals surface area contributed by atoms with E-state index in [0.29, 0.717) is 70.2 Å². The van der Waals surface area contributed by atoms with Crippen LogP contribution in [0.15, 0.2) is 90.4 Å². The fourth-order valence-corrected chi connectivity index (χ4v) is 13.4. The maximum absolute atomic E-state index is 16.2. The van der Waals surface area contributed by atoms with E-state index in [-0.39, 0.29) is 34.3 Å². The lowest BCUT2D eigenvalue weighted by molar-refractivity contribution is -0.0592. The first-order valence-electron chi connectivity index (χ1n) is 23.2. The molecule has 4 aliphatic rings. The van der Waals surface area contributed by atoms with Crippen molar-refractivity contribution in [1.82, 2.24) is 38.5 Å². The largest absolute Gasteiger partial charge is 0.438 e. The van der Waals surface area contributed by atoms with Gasteiger partial charge in [0, 0.05) is 65.8 Å². The highest BCUT2D eigenvalue weighted by Crippen LogP contribution is 2.56. The molecule has 0 bridgehead atoms. The van der Waals surface area contributed by atoms with Gasteiger partial charge in [0.1, 0.15) is 22.9 Å². The van der Waals surface area contributed by atoms with Crippen LogP contribution in [0.2, 0.25) is 5.02 Å². The van der Waals surface area contributed by atoms with Crippen LogP contribution < -0.4 is 11.4 Å². The maximum Gasteiger partial charge on any atom is 0.438 e. The Morgan fingerprint density at radius 1 is 0.985 bits per heavy atom. The monoisotopic (exact) mass is 961 g/mol. The van der Waals surface area contributed by atoms with Gasteiger partial charge in [-0.3, -0.25) is 23.4 Å². The number of nitrogens with zero attached hydrogens (tertiary/aromatic N) is 8. The minimum atomic E-state index is -2.80. The smallest absolute Gasteiger partial charge is 0.376 e. The normalized spacial score (nSPS) is 23.1. The quantitative estimate of drug-likeness (QED) is 0.150. The van der Waals surface area contributed by atoms with Crippen LogP contribution >= 0.6 is 11.6 Å². The Morgan fingerprint density at radius 2 is 1.72 bits per heavy atom. The number of fused-ring (bicyclic) bond motifs is 2. The molecule has 0 unspecified atom stereocenters. The van der Waals surface area contributed by atoms with Crippen molar-refractivity contribution in [2.75, 3.05) is 20.2 Å². The highest BCUT2D eigenvalue weighted by atomic mass is 35.5. The number of halogens is 2.